The minimum Gasteiger partial charge on any atom is -0.383 e. The summed E-state index contributed by atoms with van der Waals surface area (Å²) in [6.45, 7) is 6.42. The average Bonchev–Trinajstić information content (AvgIpc) is 2.74. The van der Waals surface area contributed by atoms with Gasteiger partial charge in [-0.15, -0.1) is 0 Å². The van der Waals surface area contributed by atoms with Crippen molar-refractivity contribution < 1.29 is 4.79 Å². The zero-order valence-corrected chi connectivity index (χ0v) is 18.1. The predicted molar refractivity (Wildman–Crippen MR) is 124 cm³/mol. The number of anilines is 2. The molecule has 1 amide bonds. The van der Waals surface area contributed by atoms with Crippen LogP contribution < -0.4 is 21.9 Å². The fraction of sp³-hybridized carbons (Fsp3) is 0.292. The van der Waals surface area contributed by atoms with Crippen LogP contribution in [0.2, 0.25) is 0 Å². The highest BCUT2D eigenvalue weighted by Crippen LogP contribution is 2.22. The van der Waals surface area contributed by atoms with E-state index in [1.165, 1.54) is 9.47 Å². The quantitative estimate of drug-likeness (QED) is 0.613. The minimum absolute atomic E-state index is 0.00411. The van der Waals surface area contributed by atoms with Crippen molar-refractivity contribution >= 4 is 17.4 Å². The largest absolute Gasteiger partial charge is 0.383 e. The Labute approximate surface area is 181 Å². The van der Waals surface area contributed by atoms with E-state index in [2.05, 4.69) is 4.98 Å². The van der Waals surface area contributed by atoms with Crippen molar-refractivity contribution in [2.75, 3.05) is 17.2 Å². The van der Waals surface area contributed by atoms with Crippen LogP contribution in [-0.2, 0) is 6.54 Å². The molecule has 0 fully saturated rings. The molecule has 1 heterocycles. The first-order valence-electron chi connectivity index (χ1n) is 10.3. The average molecular weight is 421 g/mol. The molecule has 0 unspecified atom stereocenters. The number of nitrogens with zero attached hydrogens (tertiary/aromatic N) is 2. The number of H-pyrrole nitrogens is 1. The van der Waals surface area contributed by atoms with Crippen LogP contribution in [0.25, 0.3) is 0 Å². The van der Waals surface area contributed by atoms with Gasteiger partial charge in [0.1, 0.15) is 5.82 Å². The third-order valence-electron chi connectivity index (χ3n) is 5.22. The molecule has 0 spiro atoms. The second-order valence-corrected chi connectivity index (χ2v) is 8.02. The summed E-state index contributed by atoms with van der Waals surface area (Å²) in [6, 6.07) is 16.5. The van der Waals surface area contributed by atoms with Gasteiger partial charge in [-0.2, -0.15) is 0 Å². The van der Waals surface area contributed by atoms with Crippen molar-refractivity contribution in [3.8, 4) is 0 Å². The summed E-state index contributed by atoms with van der Waals surface area (Å²) in [7, 11) is 0. The maximum atomic E-state index is 13.5. The van der Waals surface area contributed by atoms with Gasteiger partial charge in [0, 0.05) is 12.1 Å². The summed E-state index contributed by atoms with van der Waals surface area (Å²) in [6.07, 6.45) is 0.675. The van der Waals surface area contributed by atoms with Crippen LogP contribution in [0.1, 0.15) is 41.8 Å². The molecule has 3 N–H and O–H groups in total. The lowest BCUT2D eigenvalue weighted by Gasteiger charge is -2.26. The Morgan fingerprint density at radius 3 is 2.35 bits per heavy atom. The number of nitrogens with one attached hydrogen (secondary N) is 1. The minimum atomic E-state index is -0.669. The normalized spacial score (nSPS) is 11.0. The van der Waals surface area contributed by atoms with Gasteiger partial charge in [0.25, 0.3) is 11.5 Å². The lowest BCUT2D eigenvalue weighted by atomic mass is 10.1. The van der Waals surface area contributed by atoms with Crippen molar-refractivity contribution in [2.45, 2.75) is 33.7 Å². The number of amides is 1. The topological polar surface area (TPSA) is 101 Å². The highest BCUT2D eigenvalue weighted by Gasteiger charge is 2.26. The van der Waals surface area contributed by atoms with Gasteiger partial charge in [0.05, 0.1) is 6.54 Å². The smallest absolute Gasteiger partial charge is 0.330 e. The molecule has 2 aromatic carbocycles. The van der Waals surface area contributed by atoms with Crippen molar-refractivity contribution in [3.05, 3.63) is 92.1 Å². The molecular weight excluding hydrogens is 392 g/mol. The van der Waals surface area contributed by atoms with E-state index < -0.39 is 11.2 Å². The molecule has 162 valence electrons. The first-order valence-corrected chi connectivity index (χ1v) is 10.3. The summed E-state index contributed by atoms with van der Waals surface area (Å²) in [5.41, 5.74) is 7.22. The molecule has 0 atom stereocenters. The molecule has 0 saturated heterocycles. The van der Waals surface area contributed by atoms with Crippen LogP contribution in [0.3, 0.4) is 0 Å². The molecule has 1 aromatic heterocycles. The fourth-order valence-corrected chi connectivity index (χ4v) is 3.42. The monoisotopic (exact) mass is 420 g/mol. The molecule has 0 aliphatic carbocycles. The van der Waals surface area contributed by atoms with Crippen LogP contribution in [0, 0.1) is 12.8 Å². The molecule has 0 bridgehead atoms. The highest BCUT2D eigenvalue weighted by molar-refractivity contribution is 6.08. The molecular formula is C24H28N4O3. The van der Waals surface area contributed by atoms with Crippen LogP contribution in [0.4, 0.5) is 11.5 Å². The summed E-state index contributed by atoms with van der Waals surface area (Å²) >= 11 is 0. The summed E-state index contributed by atoms with van der Waals surface area (Å²) in [5.74, 6) is -0.0353. The number of hydrogen-bond donors (Lipinski definition) is 2. The maximum Gasteiger partial charge on any atom is 0.330 e. The van der Waals surface area contributed by atoms with Gasteiger partial charge >= 0.3 is 5.69 Å². The molecule has 0 aliphatic heterocycles. The number of aromatic nitrogens is 2. The van der Waals surface area contributed by atoms with E-state index in [9.17, 15) is 14.4 Å². The van der Waals surface area contributed by atoms with E-state index in [1.54, 1.807) is 12.1 Å². The van der Waals surface area contributed by atoms with E-state index in [4.69, 9.17) is 5.73 Å². The predicted octanol–water partition coefficient (Wildman–Crippen LogP) is 3.17. The lowest BCUT2D eigenvalue weighted by Crippen LogP contribution is -2.42. The molecule has 3 rings (SSSR count). The van der Waals surface area contributed by atoms with Gasteiger partial charge < -0.3 is 10.6 Å². The van der Waals surface area contributed by atoms with Gasteiger partial charge in [-0.05, 0) is 36.5 Å². The Morgan fingerprint density at radius 2 is 1.71 bits per heavy atom. The lowest BCUT2D eigenvalue weighted by molar-refractivity contribution is 0.0985. The van der Waals surface area contributed by atoms with Gasteiger partial charge in [-0.3, -0.25) is 19.1 Å². The van der Waals surface area contributed by atoms with Gasteiger partial charge in [-0.25, -0.2) is 4.79 Å². The SMILES string of the molecule is Cc1ccccc1C(=O)N(CCC(C)C)c1c(N)n(Cc2ccccc2)c(=O)[nH]c1=O. The second-order valence-electron chi connectivity index (χ2n) is 8.02. The van der Waals surface area contributed by atoms with Gasteiger partial charge in [-0.1, -0.05) is 62.4 Å². The number of hydrogen-bond acceptors (Lipinski definition) is 4. The van der Waals surface area contributed by atoms with E-state index in [0.717, 1.165) is 11.1 Å². The molecule has 0 radical (unpaired) electrons. The van der Waals surface area contributed by atoms with Crippen LogP contribution in [0.15, 0.2) is 64.2 Å². The Bertz CT molecular complexity index is 1180. The van der Waals surface area contributed by atoms with E-state index in [0.29, 0.717) is 24.4 Å². The maximum absolute atomic E-state index is 13.5. The van der Waals surface area contributed by atoms with E-state index >= 15 is 0 Å². The van der Waals surface area contributed by atoms with Crippen LogP contribution in [-0.4, -0.2) is 22.0 Å². The molecule has 0 aliphatic rings. The summed E-state index contributed by atoms with van der Waals surface area (Å²) in [4.78, 5) is 42.6. The van der Waals surface area contributed by atoms with Crippen molar-refractivity contribution in [1.82, 2.24) is 9.55 Å². The third-order valence-corrected chi connectivity index (χ3v) is 5.22. The zero-order chi connectivity index (χ0) is 22.5. The number of rotatable bonds is 7. The van der Waals surface area contributed by atoms with Crippen LogP contribution in [0.5, 0.6) is 0 Å². The number of benzene rings is 2. The van der Waals surface area contributed by atoms with E-state index in [1.807, 2.05) is 63.2 Å². The number of carbonyl (C=O) groups excluding carboxylic acids is 1. The Hall–Kier alpha value is -3.61. The summed E-state index contributed by atoms with van der Waals surface area (Å²) < 4.78 is 1.29. The first-order chi connectivity index (χ1) is 14.8. The van der Waals surface area contributed by atoms with Gasteiger partial charge in [0.15, 0.2) is 5.69 Å². The molecule has 3 aromatic rings. The highest BCUT2D eigenvalue weighted by atomic mass is 16.2. The fourth-order valence-electron chi connectivity index (χ4n) is 3.42. The number of aromatic amines is 1. The Morgan fingerprint density at radius 1 is 1.06 bits per heavy atom. The van der Waals surface area contributed by atoms with Crippen molar-refractivity contribution in [2.24, 2.45) is 5.92 Å². The second kappa shape index (κ2) is 9.47. The Kier molecular flexibility index (Phi) is 6.74. The van der Waals surface area contributed by atoms with E-state index in [-0.39, 0.29) is 24.0 Å². The molecule has 0 saturated carbocycles. The first kappa shape index (κ1) is 22.1. The van der Waals surface area contributed by atoms with Crippen molar-refractivity contribution in [3.63, 3.8) is 0 Å². The zero-order valence-electron chi connectivity index (χ0n) is 18.1. The molecule has 7 heteroatoms. The standard InChI is InChI=1S/C24H28N4O3/c1-16(2)13-14-27(23(30)19-12-8-7-9-17(19)3)20-21(25)28(24(31)26-22(20)29)15-18-10-5-4-6-11-18/h4-12,16H,13-15,25H2,1-3H3,(H,26,29,31). The molecule has 7 nitrogen and oxygen atoms in total. The number of carbonyl (C=O) groups is 1. The van der Waals surface area contributed by atoms with Crippen LogP contribution >= 0.6 is 0 Å². The molecule has 31 heavy (non-hydrogen) atoms. The number of nitrogen functional groups attached to an aromatic ring is 1. The third kappa shape index (κ3) is 4.94. The number of nitrogens with two attached hydrogens (primary N) is 1. The van der Waals surface area contributed by atoms with Gasteiger partial charge in [0.2, 0.25) is 0 Å². The summed E-state index contributed by atoms with van der Waals surface area (Å²) in [5, 5.41) is 0. The van der Waals surface area contributed by atoms with Crippen molar-refractivity contribution in [1.29, 1.82) is 0 Å². The number of aryl methyl sites for hydroxylation is 1. The Balaban J connectivity index is 2.13.